The lowest BCUT2D eigenvalue weighted by Crippen LogP contribution is -2.49. The predicted octanol–water partition coefficient (Wildman–Crippen LogP) is 14.3. The first-order chi connectivity index (χ1) is 30.9. The summed E-state index contributed by atoms with van der Waals surface area (Å²) in [7, 11) is 4.33. The van der Waals surface area contributed by atoms with Crippen molar-refractivity contribution in [3.05, 3.63) is 112 Å². The first kappa shape index (κ1) is 39.1. The van der Waals surface area contributed by atoms with Crippen molar-refractivity contribution in [3.8, 4) is 56.5 Å². The van der Waals surface area contributed by atoms with Gasteiger partial charge in [-0.15, -0.1) is 0 Å². The third-order valence-electron chi connectivity index (χ3n) is 18.7. The number of pyridine rings is 1. The Hall–Kier alpha value is -5.29. The highest BCUT2D eigenvalue weighted by atomic mass is 16.3. The second-order valence-corrected chi connectivity index (χ2v) is 22.6. The monoisotopic (exact) mass is 845 g/mol. The molecule has 3 heterocycles. The third-order valence-corrected chi connectivity index (χ3v) is 18.7. The molecule has 0 unspecified atom stereocenters. The summed E-state index contributed by atoms with van der Waals surface area (Å²) in [6.45, 7) is 9.01. The van der Waals surface area contributed by atoms with Crippen molar-refractivity contribution in [3.63, 3.8) is 0 Å². The molecule has 8 aliphatic rings. The van der Waals surface area contributed by atoms with E-state index in [4.69, 9.17) is 4.98 Å². The van der Waals surface area contributed by atoms with Crippen LogP contribution in [0.3, 0.4) is 0 Å². The van der Waals surface area contributed by atoms with Crippen molar-refractivity contribution in [1.82, 2.24) is 14.1 Å². The number of hydrogen-bond acceptors (Lipinski definition) is 3. The first-order valence-electron chi connectivity index (χ1n) is 24.7. The van der Waals surface area contributed by atoms with Crippen LogP contribution in [-0.4, -0.2) is 24.3 Å². The van der Waals surface area contributed by atoms with E-state index in [-0.39, 0.29) is 10.8 Å². The number of hydrogen-bond donors (Lipinski definition) is 2. The fraction of sp³-hybridized carbons (Fsp3) is 0.441. The number of phenols is 2. The van der Waals surface area contributed by atoms with Gasteiger partial charge in [-0.3, -0.25) is 0 Å². The minimum Gasteiger partial charge on any atom is -0.507 e. The van der Waals surface area contributed by atoms with Crippen molar-refractivity contribution < 1.29 is 10.2 Å². The third kappa shape index (κ3) is 5.39. The van der Waals surface area contributed by atoms with E-state index in [1.165, 1.54) is 105 Å². The molecule has 5 heteroatoms. The second kappa shape index (κ2) is 13.6. The molecule has 5 nitrogen and oxygen atoms in total. The molecule has 0 aliphatic heterocycles. The Balaban J connectivity index is 1.02. The standard InChI is InChI=1S/C59H63N3O2/c1-32-18-44(56(63)45(19-32)58-26-36-20-37(27-58)22-38(21-36)28-58)54-51(42-12-7-9-16-48(42)61(54)5)46-14-11-15-47(60-46)52-43-13-8-10-17-49(43)62(6)55(52)50-34(3)33(2)35(4)53(57(50)64)59-29-39-23-40(30-59)25-41(24-39)31-59/h7-19,36-41,63-64H,20-31H2,1-6H3. The Bertz CT molecular complexity index is 3050. The average molecular weight is 846 g/mol. The van der Waals surface area contributed by atoms with E-state index in [9.17, 15) is 10.2 Å². The summed E-state index contributed by atoms with van der Waals surface area (Å²) in [5.74, 6) is 5.64. The molecule has 0 radical (unpaired) electrons. The minimum absolute atomic E-state index is 0.0424. The summed E-state index contributed by atoms with van der Waals surface area (Å²) < 4.78 is 4.61. The molecular weight excluding hydrogens is 783 g/mol. The molecule has 4 aromatic carbocycles. The van der Waals surface area contributed by atoms with Gasteiger partial charge >= 0.3 is 0 Å². The van der Waals surface area contributed by atoms with Crippen molar-refractivity contribution >= 4 is 21.8 Å². The van der Waals surface area contributed by atoms with Crippen molar-refractivity contribution in [1.29, 1.82) is 0 Å². The molecule has 0 spiro atoms. The summed E-state index contributed by atoms with van der Waals surface area (Å²) in [5.41, 5.74) is 17.5. The molecule has 8 saturated carbocycles. The molecule has 0 atom stereocenters. The zero-order valence-corrected chi connectivity index (χ0v) is 38.7. The Morgan fingerprint density at radius 3 is 1.50 bits per heavy atom. The van der Waals surface area contributed by atoms with Crippen molar-refractivity contribution in [2.45, 2.75) is 116 Å². The van der Waals surface area contributed by atoms with Gasteiger partial charge in [0.2, 0.25) is 0 Å². The zero-order valence-electron chi connectivity index (χ0n) is 38.7. The van der Waals surface area contributed by atoms with Crippen LogP contribution in [0.4, 0.5) is 0 Å². The molecule has 15 rings (SSSR count). The number of para-hydroxylation sites is 2. The Labute approximate surface area is 378 Å². The van der Waals surface area contributed by atoms with Gasteiger partial charge in [-0.1, -0.05) is 48.5 Å². The number of phenolic OH excluding ortho intramolecular Hbond substituents is 2. The minimum atomic E-state index is 0.0424. The molecular formula is C59H63N3O2. The van der Waals surface area contributed by atoms with Crippen LogP contribution in [0.2, 0.25) is 0 Å². The van der Waals surface area contributed by atoms with Gasteiger partial charge in [-0.25, -0.2) is 4.98 Å². The van der Waals surface area contributed by atoms with E-state index in [0.29, 0.717) is 11.5 Å². The molecule has 8 bridgehead atoms. The van der Waals surface area contributed by atoms with E-state index in [2.05, 4.69) is 130 Å². The van der Waals surface area contributed by atoms with Crippen LogP contribution < -0.4 is 0 Å². The molecule has 8 fully saturated rings. The summed E-state index contributed by atoms with van der Waals surface area (Å²) in [6.07, 6.45) is 15.5. The Morgan fingerprint density at radius 1 is 0.500 bits per heavy atom. The van der Waals surface area contributed by atoms with Crippen LogP contribution in [-0.2, 0) is 24.9 Å². The molecule has 64 heavy (non-hydrogen) atoms. The van der Waals surface area contributed by atoms with Crippen LogP contribution in [0.15, 0.2) is 78.9 Å². The van der Waals surface area contributed by atoms with Crippen LogP contribution in [0.5, 0.6) is 11.5 Å². The van der Waals surface area contributed by atoms with E-state index in [0.717, 1.165) is 108 Å². The molecule has 3 aromatic heterocycles. The van der Waals surface area contributed by atoms with Gasteiger partial charge in [0.25, 0.3) is 0 Å². The lowest BCUT2D eigenvalue weighted by molar-refractivity contribution is -0.00648. The largest absolute Gasteiger partial charge is 0.507 e. The molecule has 0 saturated heterocycles. The fourth-order valence-electron chi connectivity index (χ4n) is 16.9. The van der Waals surface area contributed by atoms with E-state index >= 15 is 0 Å². The molecule has 8 aliphatic carbocycles. The van der Waals surface area contributed by atoms with E-state index in [1.807, 2.05) is 0 Å². The van der Waals surface area contributed by atoms with Gasteiger partial charge in [-0.05, 0) is 198 Å². The molecule has 2 N–H and O–H groups in total. The summed E-state index contributed by atoms with van der Waals surface area (Å²) in [5, 5.41) is 28.1. The van der Waals surface area contributed by atoms with E-state index < -0.39 is 0 Å². The highest BCUT2D eigenvalue weighted by Crippen LogP contribution is 2.65. The van der Waals surface area contributed by atoms with Gasteiger partial charge in [0.05, 0.1) is 22.8 Å². The number of rotatable bonds is 6. The van der Waals surface area contributed by atoms with Gasteiger partial charge in [0.15, 0.2) is 0 Å². The average Bonchev–Trinajstić information content (AvgIpc) is 3.72. The lowest BCUT2D eigenvalue weighted by Gasteiger charge is -2.57. The quantitative estimate of drug-likeness (QED) is 0.175. The van der Waals surface area contributed by atoms with E-state index in [1.54, 1.807) is 0 Å². The number of fused-ring (bicyclic) bond motifs is 2. The van der Waals surface area contributed by atoms with Crippen molar-refractivity contribution in [2.24, 2.45) is 49.6 Å². The number of aromatic hydroxyl groups is 2. The topological polar surface area (TPSA) is 63.2 Å². The zero-order chi connectivity index (χ0) is 43.6. The molecule has 7 aromatic rings. The Morgan fingerprint density at radius 2 is 0.969 bits per heavy atom. The maximum atomic E-state index is 13.1. The van der Waals surface area contributed by atoms with Crippen LogP contribution in [0, 0.1) is 63.2 Å². The smallest absolute Gasteiger partial charge is 0.129 e. The van der Waals surface area contributed by atoms with Crippen LogP contribution in [0.25, 0.3) is 66.8 Å². The van der Waals surface area contributed by atoms with Gasteiger partial charge < -0.3 is 19.3 Å². The molecule has 0 amide bonds. The van der Waals surface area contributed by atoms with Crippen LogP contribution in [0.1, 0.15) is 110 Å². The van der Waals surface area contributed by atoms with Crippen molar-refractivity contribution in [2.75, 3.05) is 0 Å². The summed E-state index contributed by atoms with van der Waals surface area (Å²) >= 11 is 0. The van der Waals surface area contributed by atoms with Gasteiger partial charge in [0.1, 0.15) is 11.5 Å². The number of aromatic nitrogens is 3. The predicted molar refractivity (Wildman–Crippen MR) is 261 cm³/mol. The van der Waals surface area contributed by atoms with Crippen LogP contribution >= 0.6 is 0 Å². The normalized spacial score (nSPS) is 28.9. The maximum absolute atomic E-state index is 13.1. The number of nitrogens with zero attached hydrogens (tertiary/aromatic N) is 3. The summed E-state index contributed by atoms with van der Waals surface area (Å²) in [4.78, 5) is 5.73. The highest BCUT2D eigenvalue weighted by Gasteiger charge is 2.54. The Kier molecular flexibility index (Phi) is 8.33. The maximum Gasteiger partial charge on any atom is 0.129 e. The SMILES string of the molecule is Cc1cc(-c2c(-c3cccc(-c4c(-c5c(C)c(C)c(C)c(C67CC8CC(CC(C8)C6)C7)c5O)n(C)c5ccccc45)n3)c3ccccc3n2C)c(O)c(C23CC4CC(CC(C4)C2)C3)c1. The second-order valence-electron chi connectivity index (χ2n) is 22.6. The van der Waals surface area contributed by atoms with Gasteiger partial charge in [0, 0.05) is 74.7 Å². The fourth-order valence-corrected chi connectivity index (χ4v) is 16.9. The summed E-state index contributed by atoms with van der Waals surface area (Å²) in [6, 6.07) is 28.4. The molecule has 326 valence electrons. The first-order valence-corrected chi connectivity index (χ1v) is 24.7. The highest BCUT2D eigenvalue weighted by molar-refractivity contribution is 6.07. The number of aryl methyl sites for hydroxylation is 3. The van der Waals surface area contributed by atoms with Gasteiger partial charge in [-0.2, -0.15) is 0 Å². The number of benzene rings is 4. The lowest BCUT2D eigenvalue weighted by atomic mass is 9.47.